The first kappa shape index (κ1) is 17.1. The van der Waals surface area contributed by atoms with Crippen LogP contribution in [0.3, 0.4) is 0 Å². The second-order valence-corrected chi connectivity index (χ2v) is 6.25. The number of aliphatic hydroxyl groups is 2. The van der Waals surface area contributed by atoms with E-state index in [-0.39, 0.29) is 11.1 Å². The van der Waals surface area contributed by atoms with E-state index in [4.69, 9.17) is 0 Å². The molecule has 27 heavy (non-hydrogen) atoms. The average molecular weight is 366 g/mol. The molecule has 2 aromatic rings. The number of β-lactam (4-membered cyclic amide) rings is 1. The molecule has 2 aromatic carbocycles. The molecule has 1 fully saturated rings. The zero-order valence-corrected chi connectivity index (χ0v) is 13.9. The third-order valence-corrected chi connectivity index (χ3v) is 4.77. The fourth-order valence-electron chi connectivity index (χ4n) is 3.54. The number of imide groups is 2. The van der Waals surface area contributed by atoms with Crippen molar-refractivity contribution < 1.29 is 29.4 Å². The van der Waals surface area contributed by atoms with Gasteiger partial charge in [0.2, 0.25) is 6.29 Å². The summed E-state index contributed by atoms with van der Waals surface area (Å²) in [6.45, 7) is 0. The van der Waals surface area contributed by atoms with Crippen LogP contribution in [-0.2, 0) is 9.59 Å². The van der Waals surface area contributed by atoms with Crippen LogP contribution in [0.4, 0.5) is 0 Å². The molecule has 2 aliphatic rings. The van der Waals surface area contributed by atoms with Gasteiger partial charge in [-0.1, -0.05) is 42.5 Å². The number of likely N-dealkylation sites (tertiary alicyclic amines) is 1. The lowest BCUT2D eigenvalue weighted by Gasteiger charge is -2.48. The number of carbonyl (C=O) groups excluding carboxylic acids is 4. The quantitative estimate of drug-likeness (QED) is 0.451. The Hall–Kier alpha value is -3.36. The number of hydrogen-bond donors (Lipinski definition) is 2. The minimum atomic E-state index is -2.37. The van der Waals surface area contributed by atoms with Crippen molar-refractivity contribution in [1.29, 1.82) is 0 Å². The predicted octanol–water partition coefficient (Wildman–Crippen LogP) is 0.0720. The van der Waals surface area contributed by atoms with Gasteiger partial charge in [-0.05, 0) is 17.7 Å². The SMILES string of the molecule is O=C1c2ccccc2C(=O)N1C1C(=O)N(C(=O)C(O)O)C1c1ccccc1. The first-order chi connectivity index (χ1) is 12.9. The van der Waals surface area contributed by atoms with E-state index >= 15 is 0 Å². The molecule has 0 saturated carbocycles. The first-order valence-corrected chi connectivity index (χ1v) is 8.18. The molecule has 4 rings (SSSR count). The van der Waals surface area contributed by atoms with Crippen molar-refractivity contribution >= 4 is 23.6 Å². The van der Waals surface area contributed by atoms with Crippen LogP contribution in [0, 0.1) is 0 Å². The minimum Gasteiger partial charge on any atom is -0.361 e. The summed E-state index contributed by atoms with van der Waals surface area (Å²) in [4.78, 5) is 51.7. The summed E-state index contributed by atoms with van der Waals surface area (Å²) in [6.07, 6.45) is -2.37. The number of benzene rings is 2. The Morgan fingerprint density at radius 3 is 1.85 bits per heavy atom. The molecule has 2 heterocycles. The molecule has 2 atom stereocenters. The van der Waals surface area contributed by atoms with Crippen LogP contribution in [0.1, 0.15) is 32.3 Å². The summed E-state index contributed by atoms with van der Waals surface area (Å²) in [6, 6.07) is 12.3. The van der Waals surface area contributed by atoms with Crippen LogP contribution < -0.4 is 0 Å². The number of rotatable bonds is 3. The predicted molar refractivity (Wildman–Crippen MR) is 90.0 cm³/mol. The van der Waals surface area contributed by atoms with Crippen molar-refractivity contribution in [3.8, 4) is 0 Å². The Morgan fingerprint density at radius 1 is 0.815 bits per heavy atom. The molecule has 0 radical (unpaired) electrons. The van der Waals surface area contributed by atoms with Gasteiger partial charge in [-0.25, -0.2) is 0 Å². The number of fused-ring (bicyclic) bond motifs is 1. The van der Waals surface area contributed by atoms with Gasteiger partial charge in [-0.3, -0.25) is 29.0 Å². The van der Waals surface area contributed by atoms with E-state index in [9.17, 15) is 29.4 Å². The third kappa shape index (κ3) is 2.38. The highest BCUT2D eigenvalue weighted by Gasteiger charge is 2.59. The number of aliphatic hydroxyl groups excluding tert-OH is 1. The Bertz CT molecular complexity index is 936. The highest BCUT2D eigenvalue weighted by Crippen LogP contribution is 2.41. The Kier molecular flexibility index (Phi) is 3.87. The van der Waals surface area contributed by atoms with E-state index in [1.165, 1.54) is 12.1 Å². The molecule has 136 valence electrons. The molecule has 4 amide bonds. The second kappa shape index (κ2) is 6.11. The van der Waals surface area contributed by atoms with E-state index in [1.807, 2.05) is 0 Å². The summed E-state index contributed by atoms with van der Waals surface area (Å²) >= 11 is 0. The Labute approximate surface area is 153 Å². The Balaban J connectivity index is 1.76. The number of amides is 4. The van der Waals surface area contributed by atoms with Crippen LogP contribution in [0.5, 0.6) is 0 Å². The molecular weight excluding hydrogens is 352 g/mol. The van der Waals surface area contributed by atoms with Gasteiger partial charge in [0.05, 0.1) is 17.2 Å². The van der Waals surface area contributed by atoms with Crippen LogP contribution in [0.15, 0.2) is 54.6 Å². The second-order valence-electron chi connectivity index (χ2n) is 6.25. The molecule has 0 aromatic heterocycles. The maximum atomic E-state index is 12.7. The van der Waals surface area contributed by atoms with E-state index < -0.39 is 42.0 Å². The van der Waals surface area contributed by atoms with Gasteiger partial charge in [0, 0.05) is 0 Å². The molecule has 8 nitrogen and oxygen atoms in total. The normalized spacial score (nSPS) is 21.5. The molecule has 2 unspecified atom stereocenters. The topological polar surface area (TPSA) is 115 Å². The van der Waals surface area contributed by atoms with Gasteiger partial charge in [0.25, 0.3) is 23.6 Å². The Morgan fingerprint density at radius 2 is 1.33 bits per heavy atom. The van der Waals surface area contributed by atoms with Gasteiger partial charge in [0.15, 0.2) is 0 Å². The number of carbonyl (C=O) groups is 4. The average Bonchev–Trinajstić information content (AvgIpc) is 2.92. The maximum Gasteiger partial charge on any atom is 0.286 e. The van der Waals surface area contributed by atoms with Crippen molar-refractivity contribution in [3.63, 3.8) is 0 Å². The maximum absolute atomic E-state index is 12.7. The van der Waals surface area contributed by atoms with Crippen LogP contribution in [0.2, 0.25) is 0 Å². The summed E-state index contributed by atoms with van der Waals surface area (Å²) < 4.78 is 0. The zero-order chi connectivity index (χ0) is 19.3. The third-order valence-electron chi connectivity index (χ3n) is 4.77. The molecule has 0 bridgehead atoms. The lowest BCUT2D eigenvalue weighted by atomic mass is 9.87. The van der Waals surface area contributed by atoms with E-state index in [1.54, 1.807) is 42.5 Å². The molecule has 1 saturated heterocycles. The number of hydrogen-bond acceptors (Lipinski definition) is 6. The molecule has 8 heteroatoms. The molecular formula is C19H14N2O6. The summed E-state index contributed by atoms with van der Waals surface area (Å²) in [5.74, 6) is -3.28. The van der Waals surface area contributed by atoms with Gasteiger partial charge >= 0.3 is 0 Å². The van der Waals surface area contributed by atoms with Crippen molar-refractivity contribution in [1.82, 2.24) is 9.80 Å². The monoisotopic (exact) mass is 366 g/mol. The van der Waals surface area contributed by atoms with Crippen molar-refractivity contribution in [2.75, 3.05) is 0 Å². The van der Waals surface area contributed by atoms with Crippen LogP contribution in [-0.4, -0.2) is 56.0 Å². The first-order valence-electron chi connectivity index (χ1n) is 8.18. The lowest BCUT2D eigenvalue weighted by molar-refractivity contribution is -0.181. The highest BCUT2D eigenvalue weighted by atomic mass is 16.5. The fourth-order valence-corrected chi connectivity index (χ4v) is 3.54. The van der Waals surface area contributed by atoms with Crippen molar-refractivity contribution in [3.05, 3.63) is 71.3 Å². The smallest absolute Gasteiger partial charge is 0.286 e. The molecule has 2 N–H and O–H groups in total. The summed E-state index contributed by atoms with van der Waals surface area (Å²) in [5, 5.41) is 18.4. The van der Waals surface area contributed by atoms with Gasteiger partial charge in [-0.15, -0.1) is 0 Å². The van der Waals surface area contributed by atoms with E-state index in [0.29, 0.717) is 10.5 Å². The molecule has 0 aliphatic carbocycles. The van der Waals surface area contributed by atoms with Gasteiger partial charge < -0.3 is 10.2 Å². The van der Waals surface area contributed by atoms with Crippen LogP contribution in [0.25, 0.3) is 0 Å². The van der Waals surface area contributed by atoms with E-state index in [2.05, 4.69) is 0 Å². The molecule has 2 aliphatic heterocycles. The summed E-state index contributed by atoms with van der Waals surface area (Å²) in [5.41, 5.74) is 0.871. The van der Waals surface area contributed by atoms with Gasteiger partial charge in [-0.2, -0.15) is 0 Å². The number of nitrogens with zero attached hydrogens (tertiary/aromatic N) is 2. The summed E-state index contributed by atoms with van der Waals surface area (Å²) in [7, 11) is 0. The van der Waals surface area contributed by atoms with Crippen molar-refractivity contribution in [2.45, 2.75) is 18.4 Å². The van der Waals surface area contributed by atoms with Crippen molar-refractivity contribution in [2.24, 2.45) is 0 Å². The van der Waals surface area contributed by atoms with Gasteiger partial charge in [0.1, 0.15) is 6.04 Å². The lowest BCUT2D eigenvalue weighted by Crippen LogP contribution is -2.69. The highest BCUT2D eigenvalue weighted by molar-refractivity contribution is 6.24. The zero-order valence-electron chi connectivity index (χ0n) is 13.9. The standard InChI is InChI=1S/C19H14N2O6/c22-15-11-8-4-5-9-12(11)16(23)21(15)14-13(10-6-2-1-3-7-10)20(17(14)24)18(25)19(26)27/h1-9,13-14,19,26-27H. The largest absolute Gasteiger partial charge is 0.361 e. The van der Waals surface area contributed by atoms with Crippen LogP contribution >= 0.6 is 0 Å². The molecule has 0 spiro atoms. The fraction of sp³-hybridized carbons (Fsp3) is 0.158. The minimum absolute atomic E-state index is 0.189. The van der Waals surface area contributed by atoms with E-state index in [0.717, 1.165) is 4.90 Å².